The molecule has 0 fully saturated rings. The van der Waals surface area contributed by atoms with E-state index in [-0.39, 0.29) is 12.3 Å². The Morgan fingerprint density at radius 3 is 2.77 bits per heavy atom. The third-order valence-electron chi connectivity index (χ3n) is 5.24. The van der Waals surface area contributed by atoms with Gasteiger partial charge in [0, 0.05) is 33.6 Å². The normalized spacial score (nSPS) is 12.7. The molecule has 5 rings (SSSR count). The van der Waals surface area contributed by atoms with Crippen molar-refractivity contribution >= 4 is 33.9 Å². The first-order chi connectivity index (χ1) is 15.2. The van der Waals surface area contributed by atoms with Crippen LogP contribution < -0.4 is 19.1 Å². The molecule has 1 aliphatic heterocycles. The fourth-order valence-corrected chi connectivity index (χ4v) is 4.36. The van der Waals surface area contributed by atoms with Gasteiger partial charge in [-0.05, 0) is 35.7 Å². The summed E-state index contributed by atoms with van der Waals surface area (Å²) in [7, 11) is 1.62. The quantitative estimate of drug-likeness (QED) is 0.424. The van der Waals surface area contributed by atoms with Gasteiger partial charge in [-0.1, -0.05) is 6.07 Å². The van der Waals surface area contributed by atoms with Crippen molar-refractivity contribution in [1.82, 2.24) is 0 Å². The highest BCUT2D eigenvalue weighted by Gasteiger charge is 2.22. The van der Waals surface area contributed by atoms with Crippen LogP contribution in [0.5, 0.6) is 17.2 Å². The molecule has 0 N–H and O–H groups in total. The Hall–Kier alpha value is -3.45. The third-order valence-corrected chi connectivity index (χ3v) is 6.10. The zero-order chi connectivity index (χ0) is 21.2. The number of fused-ring (bicyclic) bond motifs is 2. The average molecular weight is 436 g/mol. The van der Waals surface area contributed by atoms with Gasteiger partial charge in [-0.3, -0.25) is 4.79 Å². The van der Waals surface area contributed by atoms with E-state index in [9.17, 15) is 4.79 Å². The lowest BCUT2D eigenvalue weighted by molar-refractivity contribution is -0.118. The highest BCUT2D eigenvalue weighted by Crippen LogP contribution is 2.35. The van der Waals surface area contributed by atoms with Crippen molar-refractivity contribution in [3.05, 3.63) is 70.6 Å². The molecule has 0 saturated heterocycles. The number of nitrogens with zero attached hydrogens (tertiary/aromatic N) is 1. The lowest BCUT2D eigenvalue weighted by Gasteiger charge is -2.25. The average Bonchev–Trinajstić information content (AvgIpc) is 3.46. The molecule has 2 aromatic carbocycles. The van der Waals surface area contributed by atoms with Crippen LogP contribution >= 0.6 is 11.3 Å². The molecule has 4 aromatic rings. The Morgan fingerprint density at radius 1 is 1.10 bits per heavy atom. The molecule has 3 heterocycles. The molecule has 0 spiro atoms. The number of furan rings is 1. The first kappa shape index (κ1) is 19.5. The van der Waals surface area contributed by atoms with Gasteiger partial charge in [-0.25, -0.2) is 0 Å². The van der Waals surface area contributed by atoms with E-state index in [4.69, 9.17) is 18.6 Å². The van der Waals surface area contributed by atoms with E-state index < -0.39 is 0 Å². The van der Waals surface area contributed by atoms with E-state index >= 15 is 0 Å². The zero-order valence-corrected chi connectivity index (χ0v) is 17.8. The molecule has 0 saturated carbocycles. The number of hydrogen-bond acceptors (Lipinski definition) is 6. The molecule has 158 valence electrons. The highest BCUT2D eigenvalue weighted by atomic mass is 32.1. The monoisotopic (exact) mass is 435 g/mol. The summed E-state index contributed by atoms with van der Waals surface area (Å²) < 4.78 is 22.3. The van der Waals surface area contributed by atoms with Crippen molar-refractivity contribution in [2.75, 3.05) is 25.2 Å². The standard InChI is InChI=1S/C24H21NO5S/c1-27-18-5-6-20-16(15-30-22(20)13-18)11-24(26)25(14-19-3-2-10-31-19)17-4-7-21-23(12-17)29-9-8-28-21/h2-7,10,12-13,15H,8-9,11,14H2,1H3. The molecule has 0 bridgehead atoms. The smallest absolute Gasteiger partial charge is 0.231 e. The molecule has 31 heavy (non-hydrogen) atoms. The van der Waals surface area contributed by atoms with E-state index in [1.807, 2.05) is 53.9 Å². The summed E-state index contributed by atoms with van der Waals surface area (Å²) in [4.78, 5) is 16.4. The van der Waals surface area contributed by atoms with Crippen LogP contribution in [0.2, 0.25) is 0 Å². The number of carbonyl (C=O) groups is 1. The Balaban J connectivity index is 1.46. The van der Waals surface area contributed by atoms with Crippen LogP contribution in [0.25, 0.3) is 11.0 Å². The topological polar surface area (TPSA) is 61.1 Å². The highest BCUT2D eigenvalue weighted by molar-refractivity contribution is 7.09. The minimum atomic E-state index is -0.0244. The predicted octanol–water partition coefficient (Wildman–Crippen LogP) is 5.05. The number of anilines is 1. The first-order valence-electron chi connectivity index (χ1n) is 9.98. The third kappa shape index (κ3) is 3.96. The number of rotatable bonds is 6. The lowest BCUT2D eigenvalue weighted by atomic mass is 10.1. The summed E-state index contributed by atoms with van der Waals surface area (Å²) in [5, 5.41) is 2.92. The van der Waals surface area contributed by atoms with E-state index in [1.165, 1.54) is 0 Å². The van der Waals surface area contributed by atoms with Crippen molar-refractivity contribution < 1.29 is 23.4 Å². The van der Waals surface area contributed by atoms with E-state index in [0.717, 1.165) is 27.3 Å². The number of ether oxygens (including phenoxy) is 3. The van der Waals surface area contributed by atoms with Gasteiger partial charge in [0.1, 0.15) is 24.5 Å². The summed E-state index contributed by atoms with van der Waals surface area (Å²) in [5.41, 5.74) is 2.32. The number of hydrogen-bond donors (Lipinski definition) is 0. The number of amides is 1. The first-order valence-corrected chi connectivity index (χ1v) is 10.9. The fraction of sp³-hybridized carbons (Fsp3) is 0.208. The van der Waals surface area contributed by atoms with Crippen molar-refractivity contribution in [3.63, 3.8) is 0 Å². The SMILES string of the molecule is COc1ccc2c(CC(=O)N(Cc3cccs3)c3ccc4c(c3)OCCO4)coc2c1. The van der Waals surface area contributed by atoms with Crippen LogP contribution in [0.1, 0.15) is 10.4 Å². The van der Waals surface area contributed by atoms with Gasteiger partial charge in [0.15, 0.2) is 11.5 Å². The summed E-state index contributed by atoms with van der Waals surface area (Å²) in [6.45, 7) is 1.52. The largest absolute Gasteiger partial charge is 0.497 e. The predicted molar refractivity (Wildman–Crippen MR) is 119 cm³/mol. The molecule has 7 heteroatoms. The van der Waals surface area contributed by atoms with Crippen molar-refractivity contribution in [2.45, 2.75) is 13.0 Å². The molecule has 0 radical (unpaired) electrons. The number of benzene rings is 2. The minimum Gasteiger partial charge on any atom is -0.497 e. The Kier molecular flexibility index (Phi) is 5.26. The molecule has 6 nitrogen and oxygen atoms in total. The van der Waals surface area contributed by atoms with Crippen LogP contribution in [0, 0.1) is 0 Å². The Morgan fingerprint density at radius 2 is 1.97 bits per heavy atom. The van der Waals surface area contributed by atoms with E-state index in [0.29, 0.717) is 36.8 Å². The van der Waals surface area contributed by atoms with Crippen LogP contribution in [0.15, 0.2) is 64.6 Å². The van der Waals surface area contributed by atoms with Gasteiger partial charge < -0.3 is 23.5 Å². The number of methoxy groups -OCH3 is 1. The van der Waals surface area contributed by atoms with Crippen LogP contribution in [-0.4, -0.2) is 26.2 Å². The minimum absolute atomic E-state index is 0.0244. The maximum atomic E-state index is 13.5. The summed E-state index contributed by atoms with van der Waals surface area (Å²) in [5.74, 6) is 2.06. The van der Waals surface area contributed by atoms with Gasteiger partial charge in [0.25, 0.3) is 0 Å². The van der Waals surface area contributed by atoms with Gasteiger partial charge in [-0.15, -0.1) is 11.3 Å². The number of thiophene rings is 1. The Labute approximate surface area is 183 Å². The van der Waals surface area contributed by atoms with Gasteiger partial charge in [-0.2, -0.15) is 0 Å². The molecule has 2 aromatic heterocycles. The Bertz CT molecular complexity index is 1210. The maximum Gasteiger partial charge on any atom is 0.231 e. The molecular weight excluding hydrogens is 414 g/mol. The zero-order valence-electron chi connectivity index (χ0n) is 17.0. The van der Waals surface area contributed by atoms with Gasteiger partial charge in [0.05, 0.1) is 26.3 Å². The van der Waals surface area contributed by atoms with Crippen LogP contribution in [0.4, 0.5) is 5.69 Å². The van der Waals surface area contributed by atoms with Crippen molar-refractivity contribution in [1.29, 1.82) is 0 Å². The molecule has 0 unspecified atom stereocenters. The number of carbonyl (C=O) groups excluding carboxylic acids is 1. The summed E-state index contributed by atoms with van der Waals surface area (Å²) in [6.07, 6.45) is 1.87. The molecule has 0 aliphatic carbocycles. The summed E-state index contributed by atoms with van der Waals surface area (Å²) in [6, 6.07) is 15.3. The molecule has 1 amide bonds. The van der Waals surface area contributed by atoms with E-state index in [2.05, 4.69) is 0 Å². The van der Waals surface area contributed by atoms with Gasteiger partial charge >= 0.3 is 0 Å². The second-order valence-electron chi connectivity index (χ2n) is 7.19. The van der Waals surface area contributed by atoms with Crippen LogP contribution in [-0.2, 0) is 17.8 Å². The molecular formula is C24H21NO5S. The van der Waals surface area contributed by atoms with Crippen LogP contribution in [0.3, 0.4) is 0 Å². The van der Waals surface area contributed by atoms with Crippen molar-refractivity contribution in [3.8, 4) is 17.2 Å². The van der Waals surface area contributed by atoms with Gasteiger partial charge in [0.2, 0.25) is 5.91 Å². The van der Waals surface area contributed by atoms with Crippen molar-refractivity contribution in [2.24, 2.45) is 0 Å². The van der Waals surface area contributed by atoms with E-state index in [1.54, 1.807) is 29.6 Å². The molecule has 0 atom stereocenters. The fourth-order valence-electron chi connectivity index (χ4n) is 3.67. The second kappa shape index (κ2) is 8.35. The maximum absolute atomic E-state index is 13.5. The lowest BCUT2D eigenvalue weighted by Crippen LogP contribution is -2.31. The second-order valence-corrected chi connectivity index (χ2v) is 8.22. The summed E-state index contributed by atoms with van der Waals surface area (Å²) >= 11 is 1.62. The molecule has 1 aliphatic rings.